The summed E-state index contributed by atoms with van der Waals surface area (Å²) in [5.74, 6) is -1.59. The van der Waals surface area contributed by atoms with E-state index in [4.69, 9.17) is 0 Å². The third-order valence-electron chi connectivity index (χ3n) is 6.28. The van der Waals surface area contributed by atoms with Gasteiger partial charge in [0.2, 0.25) is 5.91 Å². The van der Waals surface area contributed by atoms with Crippen LogP contribution < -0.4 is 10.1 Å². The molecule has 2 atom stereocenters. The molecule has 3 aromatic carbocycles. The molecule has 0 unspecified atom stereocenters. The number of hydrogen-bond acceptors (Lipinski definition) is 4. The van der Waals surface area contributed by atoms with Gasteiger partial charge in [0.05, 0.1) is 18.6 Å². The van der Waals surface area contributed by atoms with Crippen molar-refractivity contribution in [1.29, 1.82) is 0 Å². The number of amides is 2. The molecule has 9 heteroatoms. The number of alkyl halides is 3. The van der Waals surface area contributed by atoms with Crippen LogP contribution >= 0.6 is 0 Å². The monoisotopic (exact) mass is 512 g/mol. The van der Waals surface area contributed by atoms with Crippen LogP contribution in [0.3, 0.4) is 0 Å². The molecule has 4 rings (SSSR count). The largest absolute Gasteiger partial charge is 0.573 e. The molecule has 0 fully saturated rings. The van der Waals surface area contributed by atoms with Crippen molar-refractivity contribution in [1.82, 2.24) is 10.2 Å². The average molecular weight is 513 g/mol. The lowest BCUT2D eigenvalue weighted by atomic mass is 9.78. The Morgan fingerprint density at radius 2 is 1.65 bits per heavy atom. The van der Waals surface area contributed by atoms with Gasteiger partial charge in [0, 0.05) is 18.7 Å². The van der Waals surface area contributed by atoms with Crippen molar-refractivity contribution in [3.8, 4) is 5.75 Å². The lowest BCUT2D eigenvalue weighted by Gasteiger charge is -2.42. The first-order chi connectivity index (χ1) is 17.7. The van der Waals surface area contributed by atoms with Crippen molar-refractivity contribution in [2.24, 2.45) is 0 Å². The number of ether oxygens (including phenoxy) is 1. The van der Waals surface area contributed by atoms with Gasteiger partial charge in [-0.3, -0.25) is 9.59 Å². The quantitative estimate of drug-likeness (QED) is 0.441. The molecule has 2 N–H and O–H groups in total. The van der Waals surface area contributed by atoms with Gasteiger partial charge in [-0.2, -0.15) is 0 Å². The Morgan fingerprint density at radius 3 is 2.27 bits per heavy atom. The molecule has 6 nitrogen and oxygen atoms in total. The molecule has 2 amide bonds. The van der Waals surface area contributed by atoms with Crippen molar-refractivity contribution in [2.75, 3.05) is 6.54 Å². The van der Waals surface area contributed by atoms with Crippen molar-refractivity contribution in [3.05, 3.63) is 101 Å². The summed E-state index contributed by atoms with van der Waals surface area (Å²) in [5.41, 5.74) is 2.98. The summed E-state index contributed by atoms with van der Waals surface area (Å²) < 4.78 is 41.7. The molecule has 1 aliphatic heterocycles. The molecule has 3 aromatic rings. The topological polar surface area (TPSA) is 78.9 Å². The van der Waals surface area contributed by atoms with Crippen molar-refractivity contribution in [2.45, 2.75) is 44.8 Å². The summed E-state index contributed by atoms with van der Waals surface area (Å²) in [4.78, 5) is 28.8. The maximum atomic E-state index is 13.7. The van der Waals surface area contributed by atoms with Crippen LogP contribution in [0.5, 0.6) is 5.75 Å². The molecule has 0 saturated heterocycles. The third-order valence-corrected chi connectivity index (χ3v) is 6.28. The molecule has 1 aliphatic rings. The minimum atomic E-state index is -4.81. The summed E-state index contributed by atoms with van der Waals surface area (Å²) in [6.07, 6.45) is -4.07. The SMILES string of the molecule is CCCNC(=O)[C@@H]1c2ccccc2C(=O)N(Cc2ccc(OC(F)(F)F)cc2)[C@H]1c1ccc(CO)cc1. The maximum Gasteiger partial charge on any atom is 0.573 e. The Bertz CT molecular complexity index is 1240. The van der Waals surface area contributed by atoms with Gasteiger partial charge in [-0.25, -0.2) is 0 Å². The van der Waals surface area contributed by atoms with Crippen molar-refractivity contribution < 1.29 is 32.6 Å². The normalized spacial score (nSPS) is 17.3. The average Bonchev–Trinajstić information content (AvgIpc) is 2.89. The first-order valence-corrected chi connectivity index (χ1v) is 11.9. The van der Waals surface area contributed by atoms with Gasteiger partial charge in [-0.05, 0) is 46.9 Å². The minimum Gasteiger partial charge on any atom is -0.406 e. The molecule has 0 bridgehead atoms. The van der Waals surface area contributed by atoms with E-state index in [0.29, 0.717) is 34.4 Å². The zero-order valence-corrected chi connectivity index (χ0v) is 20.2. The predicted octanol–water partition coefficient (Wildman–Crippen LogP) is 5.08. The zero-order chi connectivity index (χ0) is 26.6. The van der Waals surface area contributed by atoms with Crippen LogP contribution in [0.2, 0.25) is 0 Å². The minimum absolute atomic E-state index is 0.0590. The Labute approximate surface area is 212 Å². The fraction of sp³-hybridized carbons (Fsp3) is 0.286. The lowest BCUT2D eigenvalue weighted by molar-refractivity contribution is -0.274. The van der Waals surface area contributed by atoms with Gasteiger partial charge in [-0.15, -0.1) is 13.2 Å². The number of nitrogens with zero attached hydrogens (tertiary/aromatic N) is 1. The number of fused-ring (bicyclic) bond motifs is 1. The van der Waals surface area contributed by atoms with Crippen molar-refractivity contribution >= 4 is 11.8 Å². The highest BCUT2D eigenvalue weighted by molar-refractivity contribution is 6.01. The number of nitrogens with one attached hydrogen (secondary N) is 1. The molecule has 0 aliphatic carbocycles. The zero-order valence-electron chi connectivity index (χ0n) is 20.2. The van der Waals surface area contributed by atoms with E-state index in [9.17, 15) is 27.9 Å². The molecule has 0 saturated carbocycles. The first-order valence-electron chi connectivity index (χ1n) is 11.9. The van der Waals surface area contributed by atoms with Gasteiger partial charge < -0.3 is 20.1 Å². The van der Waals surface area contributed by atoms with E-state index >= 15 is 0 Å². The molecular weight excluding hydrogens is 485 g/mol. The lowest BCUT2D eigenvalue weighted by Crippen LogP contribution is -2.47. The van der Waals surface area contributed by atoms with Gasteiger partial charge in [0.25, 0.3) is 5.91 Å². The number of hydrogen-bond donors (Lipinski definition) is 2. The van der Waals surface area contributed by atoms with E-state index in [0.717, 1.165) is 6.42 Å². The second kappa shape index (κ2) is 11.0. The number of aliphatic hydroxyl groups excluding tert-OH is 1. The molecule has 0 aromatic heterocycles. The number of carbonyl (C=O) groups is 2. The maximum absolute atomic E-state index is 13.7. The fourth-order valence-corrected chi connectivity index (χ4v) is 4.59. The van der Waals surface area contributed by atoms with Crippen LogP contribution in [0.15, 0.2) is 72.8 Å². The van der Waals surface area contributed by atoms with Gasteiger partial charge in [-0.1, -0.05) is 61.5 Å². The smallest absolute Gasteiger partial charge is 0.406 e. The van der Waals surface area contributed by atoms with E-state index in [1.54, 1.807) is 53.4 Å². The van der Waals surface area contributed by atoms with Crippen LogP contribution in [-0.2, 0) is 17.9 Å². The first kappa shape index (κ1) is 26.2. The fourth-order valence-electron chi connectivity index (χ4n) is 4.59. The van der Waals surface area contributed by atoms with Crippen LogP contribution in [0.25, 0.3) is 0 Å². The highest BCUT2D eigenvalue weighted by Crippen LogP contribution is 2.43. The second-order valence-corrected chi connectivity index (χ2v) is 8.83. The second-order valence-electron chi connectivity index (χ2n) is 8.83. The molecule has 194 valence electrons. The molecule has 1 heterocycles. The Morgan fingerprint density at radius 1 is 1.00 bits per heavy atom. The highest BCUT2D eigenvalue weighted by atomic mass is 19.4. The summed E-state index contributed by atoms with van der Waals surface area (Å²) in [7, 11) is 0. The van der Waals surface area contributed by atoms with E-state index in [-0.39, 0.29) is 30.7 Å². The van der Waals surface area contributed by atoms with Gasteiger partial charge >= 0.3 is 6.36 Å². The standard InChI is InChI=1S/C28H27F3N2O4/c1-2-15-32-26(35)24-22-5-3-4-6-23(22)27(36)33(25(24)20-11-7-19(17-34)8-12-20)16-18-9-13-21(14-10-18)37-28(29,30)31/h3-14,24-25,34H,2,15-17H2,1H3,(H,32,35)/t24-,25+/m1/s1. The van der Waals surface area contributed by atoms with Crippen molar-refractivity contribution in [3.63, 3.8) is 0 Å². The van der Waals surface area contributed by atoms with E-state index < -0.39 is 18.3 Å². The van der Waals surface area contributed by atoms with Gasteiger partial charge in [0.1, 0.15) is 5.75 Å². The Kier molecular flexibility index (Phi) is 7.83. The summed E-state index contributed by atoms with van der Waals surface area (Å²) in [5, 5.41) is 12.4. The third kappa shape index (κ3) is 5.94. The highest BCUT2D eigenvalue weighted by Gasteiger charge is 2.44. The number of halogens is 3. The van der Waals surface area contributed by atoms with Crippen LogP contribution in [0.1, 0.15) is 57.9 Å². The number of benzene rings is 3. The molecular formula is C28H27F3N2O4. The van der Waals surface area contributed by atoms with E-state index in [1.807, 2.05) is 6.92 Å². The van der Waals surface area contributed by atoms with E-state index in [1.165, 1.54) is 24.3 Å². The van der Waals surface area contributed by atoms with Crippen LogP contribution in [0, 0.1) is 0 Å². The van der Waals surface area contributed by atoms with E-state index in [2.05, 4.69) is 10.1 Å². The Hall–Kier alpha value is -3.85. The number of carbonyl (C=O) groups excluding carboxylic acids is 2. The summed E-state index contributed by atoms with van der Waals surface area (Å²) in [6.45, 7) is 2.33. The molecule has 0 radical (unpaired) electrons. The van der Waals surface area contributed by atoms with Crippen LogP contribution in [0.4, 0.5) is 13.2 Å². The molecule has 37 heavy (non-hydrogen) atoms. The summed E-state index contributed by atoms with van der Waals surface area (Å²) in [6, 6.07) is 18.7. The number of aliphatic hydroxyl groups is 1. The molecule has 0 spiro atoms. The predicted molar refractivity (Wildman–Crippen MR) is 131 cm³/mol. The number of rotatable bonds is 8. The summed E-state index contributed by atoms with van der Waals surface area (Å²) >= 11 is 0. The van der Waals surface area contributed by atoms with Crippen LogP contribution in [-0.4, -0.2) is 34.7 Å². The van der Waals surface area contributed by atoms with Gasteiger partial charge in [0.15, 0.2) is 0 Å². The Balaban J connectivity index is 1.77.